The summed E-state index contributed by atoms with van der Waals surface area (Å²) in [6.07, 6.45) is 1.75. The average Bonchev–Trinajstić information content (AvgIpc) is 3.60. The standard InChI is InChI=1S/C34H28F3N7O2S/c1-16(2)33(45)42-20-7-8-21(17(3)12-20)28-26(19-6-9-25(23(35)13-19)46-34-39-11-10-18(4)41-34)27-29(47-28)22(14-40-31(27)38)24-15-44(5)32(43-24)30(36)37/h6-15,30H,1H2,2-5H3,(H2,38,40)(H,42,45). The van der Waals surface area contributed by atoms with Crippen LogP contribution in [0.4, 0.5) is 24.7 Å². The van der Waals surface area contributed by atoms with Gasteiger partial charge in [-0.1, -0.05) is 18.7 Å². The third-order valence-electron chi connectivity index (χ3n) is 7.44. The quantitative estimate of drug-likeness (QED) is 0.158. The van der Waals surface area contributed by atoms with Crippen LogP contribution >= 0.6 is 11.3 Å². The first-order chi connectivity index (χ1) is 22.4. The van der Waals surface area contributed by atoms with Crippen LogP contribution in [0.3, 0.4) is 0 Å². The molecule has 0 unspecified atom stereocenters. The van der Waals surface area contributed by atoms with Gasteiger partial charge in [-0.25, -0.2) is 33.1 Å². The molecule has 0 atom stereocenters. The summed E-state index contributed by atoms with van der Waals surface area (Å²) in [5.74, 6) is -1.27. The Morgan fingerprint density at radius 1 is 1.09 bits per heavy atom. The number of aromatic nitrogens is 5. The number of fused-ring (bicyclic) bond motifs is 1. The van der Waals surface area contributed by atoms with Gasteiger partial charge in [-0.2, -0.15) is 0 Å². The van der Waals surface area contributed by atoms with E-state index in [1.165, 1.54) is 53.7 Å². The molecule has 0 spiro atoms. The van der Waals surface area contributed by atoms with Crippen LogP contribution in [0.15, 0.2) is 73.2 Å². The lowest BCUT2D eigenvalue weighted by Crippen LogP contribution is -2.11. The minimum Gasteiger partial charge on any atom is -0.421 e. The van der Waals surface area contributed by atoms with Crippen LogP contribution in [0, 0.1) is 19.7 Å². The Morgan fingerprint density at radius 2 is 1.87 bits per heavy atom. The van der Waals surface area contributed by atoms with E-state index in [-0.39, 0.29) is 29.3 Å². The number of nitrogens with one attached hydrogen (secondary N) is 1. The number of alkyl halides is 2. The topological polar surface area (TPSA) is 121 Å². The van der Waals surface area contributed by atoms with E-state index in [0.29, 0.717) is 49.4 Å². The van der Waals surface area contributed by atoms with Gasteiger partial charge < -0.3 is 20.4 Å². The molecule has 0 saturated carbocycles. The number of benzene rings is 2. The monoisotopic (exact) mass is 655 g/mol. The highest BCUT2D eigenvalue weighted by molar-refractivity contribution is 7.23. The van der Waals surface area contributed by atoms with Gasteiger partial charge in [-0.05, 0) is 67.8 Å². The number of halogens is 3. The number of nitrogen functional groups attached to an aromatic ring is 1. The number of nitrogens with zero attached hydrogens (tertiary/aromatic N) is 5. The van der Waals surface area contributed by atoms with Crippen molar-refractivity contribution in [2.75, 3.05) is 11.1 Å². The summed E-state index contributed by atoms with van der Waals surface area (Å²) < 4.78 is 50.6. The van der Waals surface area contributed by atoms with Crippen molar-refractivity contribution in [1.29, 1.82) is 0 Å². The van der Waals surface area contributed by atoms with Crippen molar-refractivity contribution in [2.45, 2.75) is 27.2 Å². The molecule has 47 heavy (non-hydrogen) atoms. The van der Waals surface area contributed by atoms with Crippen LogP contribution in [0.1, 0.15) is 30.4 Å². The third kappa shape index (κ3) is 6.04. The predicted molar refractivity (Wildman–Crippen MR) is 177 cm³/mol. The average molecular weight is 656 g/mol. The first kappa shape index (κ1) is 31.4. The summed E-state index contributed by atoms with van der Waals surface area (Å²) >= 11 is 1.35. The fourth-order valence-electron chi connectivity index (χ4n) is 5.13. The van der Waals surface area contributed by atoms with Crippen molar-refractivity contribution in [1.82, 2.24) is 24.5 Å². The molecule has 238 valence electrons. The van der Waals surface area contributed by atoms with E-state index in [9.17, 15) is 13.6 Å². The number of carbonyl (C=O) groups excluding carboxylic acids is 1. The van der Waals surface area contributed by atoms with Gasteiger partial charge in [0.1, 0.15) is 5.82 Å². The molecular weight excluding hydrogens is 627 g/mol. The van der Waals surface area contributed by atoms with E-state index in [1.807, 2.05) is 19.1 Å². The van der Waals surface area contributed by atoms with E-state index in [2.05, 4.69) is 31.8 Å². The minimum atomic E-state index is -2.78. The molecule has 0 radical (unpaired) electrons. The molecule has 4 aromatic heterocycles. The zero-order valence-electron chi connectivity index (χ0n) is 25.7. The number of amides is 1. The lowest BCUT2D eigenvalue weighted by Gasteiger charge is -2.12. The number of pyridine rings is 1. The summed E-state index contributed by atoms with van der Waals surface area (Å²) in [6, 6.07) is 11.6. The maximum atomic E-state index is 15.7. The van der Waals surface area contributed by atoms with Gasteiger partial charge in [-0.15, -0.1) is 11.3 Å². The SMILES string of the molecule is C=C(C)C(=O)Nc1ccc(-c2sc3c(-c4cn(C)c(C(F)F)n4)cnc(N)c3c2-c2ccc(Oc3nccc(C)n3)c(F)c2)c(C)c1. The molecule has 0 aliphatic heterocycles. The summed E-state index contributed by atoms with van der Waals surface area (Å²) in [7, 11) is 1.50. The van der Waals surface area contributed by atoms with E-state index in [0.717, 1.165) is 16.0 Å². The van der Waals surface area contributed by atoms with Gasteiger partial charge >= 0.3 is 6.01 Å². The second kappa shape index (κ2) is 12.3. The smallest absolute Gasteiger partial charge is 0.322 e. The molecule has 6 rings (SSSR count). The molecule has 2 aromatic carbocycles. The highest BCUT2D eigenvalue weighted by atomic mass is 32.1. The lowest BCUT2D eigenvalue weighted by molar-refractivity contribution is -0.112. The Balaban J connectivity index is 1.55. The summed E-state index contributed by atoms with van der Waals surface area (Å²) in [6.45, 7) is 8.95. The Morgan fingerprint density at radius 3 is 2.53 bits per heavy atom. The van der Waals surface area contributed by atoms with Crippen LogP contribution in [-0.4, -0.2) is 30.4 Å². The van der Waals surface area contributed by atoms with Gasteiger partial charge in [0, 0.05) is 64.0 Å². The Labute approximate surface area is 271 Å². The Hall–Kier alpha value is -5.56. The van der Waals surface area contributed by atoms with Crippen molar-refractivity contribution in [2.24, 2.45) is 7.05 Å². The third-order valence-corrected chi connectivity index (χ3v) is 8.69. The van der Waals surface area contributed by atoms with Crippen molar-refractivity contribution >= 4 is 38.8 Å². The maximum Gasteiger partial charge on any atom is 0.322 e. The molecule has 4 heterocycles. The molecule has 0 aliphatic rings. The van der Waals surface area contributed by atoms with Crippen molar-refractivity contribution in [3.63, 3.8) is 0 Å². The molecule has 1 amide bonds. The number of ether oxygens (including phenoxy) is 1. The zero-order chi connectivity index (χ0) is 33.6. The van der Waals surface area contributed by atoms with E-state index in [1.54, 1.807) is 32.0 Å². The van der Waals surface area contributed by atoms with Crippen LogP contribution in [-0.2, 0) is 11.8 Å². The largest absolute Gasteiger partial charge is 0.421 e. The van der Waals surface area contributed by atoms with Crippen LogP contribution in [0.2, 0.25) is 0 Å². The van der Waals surface area contributed by atoms with Gasteiger partial charge in [0.2, 0.25) is 0 Å². The number of aryl methyl sites for hydroxylation is 3. The summed E-state index contributed by atoms with van der Waals surface area (Å²) in [5, 5.41) is 3.33. The van der Waals surface area contributed by atoms with E-state index < -0.39 is 12.2 Å². The second-order valence-corrected chi connectivity index (χ2v) is 12.0. The maximum absolute atomic E-state index is 15.7. The number of nitrogens with two attached hydrogens (primary N) is 1. The number of imidazole rings is 1. The number of anilines is 2. The molecule has 6 aromatic rings. The van der Waals surface area contributed by atoms with E-state index in [4.69, 9.17) is 10.5 Å². The number of rotatable bonds is 8. The van der Waals surface area contributed by atoms with Gasteiger partial charge in [0.25, 0.3) is 12.3 Å². The Bertz CT molecular complexity index is 2210. The molecule has 0 fully saturated rings. The summed E-state index contributed by atoms with van der Waals surface area (Å²) in [4.78, 5) is 29.8. The van der Waals surface area contributed by atoms with Crippen LogP contribution < -0.4 is 15.8 Å². The molecule has 3 N–H and O–H groups in total. The first-order valence-corrected chi connectivity index (χ1v) is 15.1. The number of hydrogen-bond acceptors (Lipinski definition) is 8. The normalized spacial score (nSPS) is 11.3. The number of hydrogen-bond donors (Lipinski definition) is 2. The van der Waals surface area contributed by atoms with Crippen LogP contribution in [0.25, 0.3) is 42.9 Å². The molecule has 9 nitrogen and oxygen atoms in total. The van der Waals surface area contributed by atoms with Crippen molar-refractivity contribution in [3.05, 3.63) is 96.1 Å². The van der Waals surface area contributed by atoms with Crippen molar-refractivity contribution in [3.8, 4) is 44.6 Å². The molecule has 0 aliphatic carbocycles. The zero-order valence-corrected chi connectivity index (χ0v) is 26.5. The van der Waals surface area contributed by atoms with Gasteiger partial charge in [-0.3, -0.25) is 4.79 Å². The van der Waals surface area contributed by atoms with E-state index >= 15 is 4.39 Å². The molecule has 0 bridgehead atoms. The molecule has 13 heteroatoms. The predicted octanol–water partition coefficient (Wildman–Crippen LogP) is 8.40. The highest BCUT2D eigenvalue weighted by Crippen LogP contribution is 2.50. The highest BCUT2D eigenvalue weighted by Gasteiger charge is 2.25. The van der Waals surface area contributed by atoms with Gasteiger partial charge in [0.05, 0.1) is 10.4 Å². The fourth-order valence-corrected chi connectivity index (χ4v) is 6.57. The second-order valence-electron chi connectivity index (χ2n) is 11.0. The first-order valence-electron chi connectivity index (χ1n) is 14.3. The molecule has 0 saturated heterocycles. The minimum absolute atomic E-state index is 0.00406. The fraction of sp³-hybridized carbons (Fsp3) is 0.147. The van der Waals surface area contributed by atoms with Gasteiger partial charge in [0.15, 0.2) is 17.4 Å². The van der Waals surface area contributed by atoms with Crippen molar-refractivity contribution < 1.29 is 22.7 Å². The molecular formula is C34H28F3N7O2S. The Kier molecular flexibility index (Phi) is 8.24. The lowest BCUT2D eigenvalue weighted by atomic mass is 9.96. The van der Waals surface area contributed by atoms with Crippen LogP contribution in [0.5, 0.6) is 11.8 Å². The number of carbonyl (C=O) groups is 1. The number of thiophene rings is 1. The summed E-state index contributed by atoms with van der Waals surface area (Å²) in [5.41, 5.74) is 11.5.